The molecule has 0 unspecified atom stereocenters. The average Bonchev–Trinajstić information content (AvgIpc) is 2.36. The predicted molar refractivity (Wildman–Crippen MR) is 68.4 cm³/mol. The smallest absolute Gasteiger partial charge is 0.338 e. The van der Waals surface area contributed by atoms with Crippen molar-refractivity contribution in [3.8, 4) is 0 Å². The molecule has 0 atom stereocenters. The molecule has 0 saturated heterocycles. The van der Waals surface area contributed by atoms with E-state index in [1.807, 2.05) is 13.0 Å². The summed E-state index contributed by atoms with van der Waals surface area (Å²) in [5, 5.41) is 2.22. The van der Waals surface area contributed by atoms with E-state index in [0.29, 0.717) is 5.56 Å². The minimum atomic E-state index is -0.658. The van der Waals surface area contributed by atoms with Crippen molar-refractivity contribution in [3.05, 3.63) is 34.9 Å². The predicted octanol–water partition coefficient (Wildman–Crippen LogP) is 0.0617. The van der Waals surface area contributed by atoms with Gasteiger partial charge in [0.25, 0.3) is 5.91 Å². The monoisotopic (exact) mass is 264 g/mol. The number of aryl methyl sites for hydroxylation is 1. The Balaban J connectivity index is 2.54. The van der Waals surface area contributed by atoms with E-state index in [1.165, 1.54) is 0 Å². The van der Waals surface area contributed by atoms with Crippen molar-refractivity contribution in [3.63, 3.8) is 0 Å². The van der Waals surface area contributed by atoms with Crippen LogP contribution in [0.4, 0.5) is 0 Å². The minimum absolute atomic E-state index is 0.278. The Morgan fingerprint density at radius 1 is 1.26 bits per heavy atom. The van der Waals surface area contributed by atoms with Gasteiger partial charge in [0.05, 0.1) is 12.1 Å². The maximum absolute atomic E-state index is 11.8. The summed E-state index contributed by atoms with van der Waals surface area (Å²) in [6.45, 7) is 2.96. The maximum atomic E-state index is 11.8. The van der Waals surface area contributed by atoms with Gasteiger partial charge in [0, 0.05) is 0 Å². The van der Waals surface area contributed by atoms with Crippen LogP contribution in [0.15, 0.2) is 18.2 Å². The number of hydrogen-bond acceptors (Lipinski definition) is 4. The molecule has 0 radical (unpaired) electrons. The van der Waals surface area contributed by atoms with Gasteiger partial charge in [-0.15, -0.1) is 0 Å². The van der Waals surface area contributed by atoms with Gasteiger partial charge in [-0.25, -0.2) is 4.79 Å². The Morgan fingerprint density at radius 2 is 1.95 bits per heavy atom. The molecule has 0 aliphatic carbocycles. The fourth-order valence-electron chi connectivity index (χ4n) is 1.42. The van der Waals surface area contributed by atoms with E-state index >= 15 is 0 Å². The lowest BCUT2D eigenvalue weighted by atomic mass is 10.0. The molecule has 1 aromatic carbocycles. The lowest BCUT2D eigenvalue weighted by molar-refractivity contribution is -0.127. The van der Waals surface area contributed by atoms with Crippen molar-refractivity contribution in [1.29, 1.82) is 0 Å². The van der Waals surface area contributed by atoms with Crippen LogP contribution >= 0.6 is 0 Å². The van der Waals surface area contributed by atoms with Crippen LogP contribution in [0.1, 0.15) is 21.5 Å². The first-order valence-corrected chi connectivity index (χ1v) is 5.70. The summed E-state index contributed by atoms with van der Waals surface area (Å²) < 4.78 is 4.85. The highest BCUT2D eigenvalue weighted by atomic mass is 16.5. The maximum Gasteiger partial charge on any atom is 0.338 e. The van der Waals surface area contributed by atoms with E-state index in [4.69, 9.17) is 10.5 Å². The topological polar surface area (TPSA) is 98.5 Å². The summed E-state index contributed by atoms with van der Waals surface area (Å²) in [7, 11) is 0. The molecule has 19 heavy (non-hydrogen) atoms. The number of amides is 2. The van der Waals surface area contributed by atoms with Crippen molar-refractivity contribution in [1.82, 2.24) is 5.32 Å². The Kier molecular flexibility index (Phi) is 5.05. The number of hydrogen-bond donors (Lipinski definition) is 2. The first kappa shape index (κ1) is 14.7. The Bertz CT molecular complexity index is 511. The highest BCUT2D eigenvalue weighted by Gasteiger charge is 2.13. The molecule has 0 aliphatic heterocycles. The zero-order chi connectivity index (χ0) is 14.4. The largest absolute Gasteiger partial charge is 0.452 e. The molecule has 1 aromatic rings. The molecule has 1 rings (SSSR count). The van der Waals surface area contributed by atoms with Crippen LogP contribution in [0.3, 0.4) is 0 Å². The number of carbonyl (C=O) groups is 3. The number of nitrogens with two attached hydrogens (primary N) is 1. The molecule has 6 nitrogen and oxygen atoms in total. The summed E-state index contributed by atoms with van der Waals surface area (Å²) in [6.07, 6.45) is 0. The molecular weight excluding hydrogens is 248 g/mol. The number of benzene rings is 1. The van der Waals surface area contributed by atoms with E-state index in [0.717, 1.165) is 11.1 Å². The van der Waals surface area contributed by atoms with Crippen LogP contribution < -0.4 is 11.1 Å². The van der Waals surface area contributed by atoms with E-state index in [2.05, 4.69) is 5.32 Å². The Hall–Kier alpha value is -2.37. The molecule has 0 aliphatic rings. The molecule has 0 bridgehead atoms. The molecule has 2 amide bonds. The van der Waals surface area contributed by atoms with Gasteiger partial charge in [-0.05, 0) is 31.0 Å². The fourth-order valence-corrected chi connectivity index (χ4v) is 1.42. The van der Waals surface area contributed by atoms with Crippen LogP contribution in [-0.2, 0) is 14.3 Å². The van der Waals surface area contributed by atoms with Crippen LogP contribution in [-0.4, -0.2) is 30.9 Å². The zero-order valence-electron chi connectivity index (χ0n) is 10.9. The second kappa shape index (κ2) is 6.53. The van der Waals surface area contributed by atoms with Gasteiger partial charge < -0.3 is 15.8 Å². The number of rotatable bonds is 5. The summed E-state index contributed by atoms with van der Waals surface area (Å²) in [5.74, 6) is -1.80. The number of esters is 1. The summed E-state index contributed by atoms with van der Waals surface area (Å²) >= 11 is 0. The zero-order valence-corrected chi connectivity index (χ0v) is 10.9. The van der Waals surface area contributed by atoms with Crippen LogP contribution in [0.5, 0.6) is 0 Å². The Morgan fingerprint density at radius 3 is 2.58 bits per heavy atom. The molecule has 0 saturated carbocycles. The van der Waals surface area contributed by atoms with Crippen LogP contribution in [0.25, 0.3) is 0 Å². The third-order valence-corrected chi connectivity index (χ3v) is 2.62. The SMILES string of the molecule is Cc1cccc(C(=O)OCC(=O)NCC(N)=O)c1C. The van der Waals surface area contributed by atoms with Crippen molar-refractivity contribution in [2.24, 2.45) is 5.73 Å². The standard InChI is InChI=1S/C13H16N2O4/c1-8-4-3-5-10(9(8)2)13(18)19-7-12(17)15-6-11(14)16/h3-5H,6-7H2,1-2H3,(H2,14,16)(H,15,17). The van der Waals surface area contributed by atoms with E-state index in [9.17, 15) is 14.4 Å². The molecule has 0 heterocycles. The molecule has 6 heteroatoms. The van der Waals surface area contributed by atoms with E-state index in [-0.39, 0.29) is 6.54 Å². The third kappa shape index (κ3) is 4.42. The minimum Gasteiger partial charge on any atom is -0.452 e. The molecular formula is C13H16N2O4. The molecule has 102 valence electrons. The molecule has 0 spiro atoms. The van der Waals surface area contributed by atoms with Gasteiger partial charge in [0.2, 0.25) is 5.91 Å². The lowest BCUT2D eigenvalue weighted by Crippen LogP contribution is -2.36. The molecule has 0 aromatic heterocycles. The quantitative estimate of drug-likeness (QED) is 0.735. The summed E-state index contributed by atoms with van der Waals surface area (Å²) in [4.78, 5) is 33.5. The highest BCUT2D eigenvalue weighted by Crippen LogP contribution is 2.13. The van der Waals surface area contributed by atoms with E-state index in [1.54, 1.807) is 19.1 Å². The second-order valence-electron chi connectivity index (χ2n) is 4.07. The van der Waals surface area contributed by atoms with Crippen molar-refractivity contribution >= 4 is 17.8 Å². The molecule has 0 fully saturated rings. The first-order valence-electron chi connectivity index (χ1n) is 5.70. The first-order chi connectivity index (χ1) is 8.91. The summed E-state index contributed by atoms with van der Waals surface area (Å²) in [6, 6.07) is 5.25. The number of carbonyl (C=O) groups excluding carboxylic acids is 3. The van der Waals surface area contributed by atoms with Gasteiger partial charge in [-0.1, -0.05) is 12.1 Å². The van der Waals surface area contributed by atoms with Crippen molar-refractivity contribution in [2.45, 2.75) is 13.8 Å². The van der Waals surface area contributed by atoms with Gasteiger partial charge >= 0.3 is 5.97 Å². The van der Waals surface area contributed by atoms with Gasteiger partial charge in [-0.2, -0.15) is 0 Å². The number of primary amides is 1. The van der Waals surface area contributed by atoms with Gasteiger partial charge in [0.1, 0.15) is 0 Å². The Labute approximate surface area is 110 Å². The fraction of sp³-hybridized carbons (Fsp3) is 0.308. The van der Waals surface area contributed by atoms with Crippen LogP contribution in [0, 0.1) is 13.8 Å². The third-order valence-electron chi connectivity index (χ3n) is 2.62. The molecule has 3 N–H and O–H groups in total. The summed E-state index contributed by atoms with van der Waals surface area (Å²) in [5.41, 5.74) is 7.06. The second-order valence-corrected chi connectivity index (χ2v) is 4.07. The number of ether oxygens (including phenoxy) is 1. The van der Waals surface area contributed by atoms with E-state index < -0.39 is 24.4 Å². The average molecular weight is 264 g/mol. The van der Waals surface area contributed by atoms with Gasteiger partial charge in [0.15, 0.2) is 6.61 Å². The number of nitrogens with one attached hydrogen (secondary N) is 1. The van der Waals surface area contributed by atoms with Crippen molar-refractivity contribution < 1.29 is 19.1 Å². The lowest BCUT2D eigenvalue weighted by Gasteiger charge is -2.08. The highest BCUT2D eigenvalue weighted by molar-refractivity contribution is 5.93. The van der Waals surface area contributed by atoms with Crippen molar-refractivity contribution in [2.75, 3.05) is 13.2 Å². The van der Waals surface area contributed by atoms with Gasteiger partial charge in [-0.3, -0.25) is 9.59 Å². The normalized spacial score (nSPS) is 9.79. The van der Waals surface area contributed by atoms with Crippen LogP contribution in [0.2, 0.25) is 0 Å².